The number of carbonyl (C=O) groups excluding carboxylic acids is 2. The number of rotatable bonds is 3. The Hall–Kier alpha value is -2.97. The van der Waals surface area contributed by atoms with Gasteiger partial charge in [0.1, 0.15) is 17.6 Å². The van der Waals surface area contributed by atoms with Crippen LogP contribution in [0.25, 0.3) is 0 Å². The standard InChI is InChI=1S/C18H11F5O4/c19-17(20,18(21,22)23)16(25)27-14-8-4-2-6-11(14)15-9-12(24)10-5-1-3-7-13(10)26-15/h1-8,15H,9H2. The maximum atomic E-state index is 13.2. The number of alkyl halides is 5. The molecule has 9 heteroatoms. The second-order valence-electron chi connectivity index (χ2n) is 5.73. The van der Waals surface area contributed by atoms with Crippen molar-refractivity contribution in [3.8, 4) is 11.5 Å². The Morgan fingerprint density at radius 2 is 1.63 bits per heavy atom. The number of carbonyl (C=O) groups is 2. The molecular weight excluding hydrogens is 375 g/mol. The Kier molecular flexibility index (Phi) is 4.63. The highest BCUT2D eigenvalue weighted by Gasteiger charge is 2.65. The predicted octanol–water partition coefficient (Wildman–Crippen LogP) is 4.50. The predicted molar refractivity (Wildman–Crippen MR) is 81.8 cm³/mol. The van der Waals surface area contributed by atoms with Gasteiger partial charge in [-0.2, -0.15) is 22.0 Å². The Morgan fingerprint density at radius 1 is 1.00 bits per heavy atom. The number of hydrogen-bond donors (Lipinski definition) is 0. The molecule has 27 heavy (non-hydrogen) atoms. The number of benzene rings is 2. The van der Waals surface area contributed by atoms with E-state index in [0.29, 0.717) is 5.56 Å². The summed E-state index contributed by atoms with van der Waals surface area (Å²) in [5.74, 6) is -9.03. The molecule has 1 unspecified atom stereocenters. The molecule has 0 spiro atoms. The number of para-hydroxylation sites is 2. The summed E-state index contributed by atoms with van der Waals surface area (Å²) in [6, 6.07) is 11.4. The zero-order valence-corrected chi connectivity index (χ0v) is 13.4. The molecule has 1 aliphatic heterocycles. The molecule has 0 N–H and O–H groups in total. The molecule has 1 atom stereocenters. The van der Waals surface area contributed by atoms with Crippen LogP contribution in [0.4, 0.5) is 22.0 Å². The quantitative estimate of drug-likeness (QED) is 0.443. The van der Waals surface area contributed by atoms with E-state index < -0.39 is 29.9 Å². The molecule has 2 aromatic carbocycles. The monoisotopic (exact) mass is 386 g/mol. The van der Waals surface area contributed by atoms with E-state index >= 15 is 0 Å². The lowest BCUT2D eigenvalue weighted by Gasteiger charge is -2.27. The summed E-state index contributed by atoms with van der Waals surface area (Å²) < 4.78 is 73.3. The molecule has 142 valence electrons. The highest BCUT2D eigenvalue weighted by Crippen LogP contribution is 2.40. The molecule has 3 rings (SSSR count). The van der Waals surface area contributed by atoms with E-state index in [2.05, 4.69) is 4.74 Å². The molecular formula is C18H11F5O4. The number of halogens is 5. The normalized spacial score (nSPS) is 17.1. The first-order valence-corrected chi connectivity index (χ1v) is 7.66. The summed E-state index contributed by atoms with van der Waals surface area (Å²) in [5, 5.41) is 0. The SMILES string of the molecule is O=C1CC(c2ccccc2OC(=O)C(F)(F)C(F)(F)F)Oc2ccccc21. The average Bonchev–Trinajstić information content (AvgIpc) is 2.61. The van der Waals surface area contributed by atoms with Crippen molar-refractivity contribution in [2.45, 2.75) is 24.6 Å². The van der Waals surface area contributed by atoms with Gasteiger partial charge in [-0.25, -0.2) is 4.79 Å². The minimum atomic E-state index is -6.09. The molecule has 0 amide bonds. The summed E-state index contributed by atoms with van der Waals surface area (Å²) in [4.78, 5) is 23.6. The zero-order valence-electron chi connectivity index (χ0n) is 13.4. The van der Waals surface area contributed by atoms with Gasteiger partial charge in [0.15, 0.2) is 5.78 Å². The zero-order chi connectivity index (χ0) is 19.8. The van der Waals surface area contributed by atoms with Crippen LogP contribution in [0, 0.1) is 0 Å². The molecule has 0 aliphatic carbocycles. The van der Waals surface area contributed by atoms with Gasteiger partial charge in [0.25, 0.3) is 0 Å². The van der Waals surface area contributed by atoms with Crippen LogP contribution in [0.15, 0.2) is 48.5 Å². The third-order valence-electron chi connectivity index (χ3n) is 3.91. The first kappa shape index (κ1) is 18.8. The third-order valence-corrected chi connectivity index (χ3v) is 3.91. The Balaban J connectivity index is 1.90. The van der Waals surface area contributed by atoms with Crippen molar-refractivity contribution in [1.82, 2.24) is 0 Å². The van der Waals surface area contributed by atoms with Crippen molar-refractivity contribution in [2.24, 2.45) is 0 Å². The van der Waals surface area contributed by atoms with Crippen molar-refractivity contribution in [3.05, 3.63) is 59.7 Å². The largest absolute Gasteiger partial charge is 0.484 e. The molecule has 0 radical (unpaired) electrons. The topological polar surface area (TPSA) is 52.6 Å². The smallest absolute Gasteiger partial charge is 0.465 e. The number of Topliss-reactive ketones (excluding diaryl/α,β-unsaturated/α-hetero) is 1. The molecule has 4 nitrogen and oxygen atoms in total. The van der Waals surface area contributed by atoms with Gasteiger partial charge in [0, 0.05) is 5.56 Å². The maximum Gasteiger partial charge on any atom is 0.465 e. The van der Waals surface area contributed by atoms with Gasteiger partial charge in [-0.15, -0.1) is 0 Å². The van der Waals surface area contributed by atoms with Crippen LogP contribution in [0.1, 0.15) is 28.4 Å². The molecule has 0 saturated carbocycles. The summed E-state index contributed by atoms with van der Waals surface area (Å²) in [7, 11) is 0. The van der Waals surface area contributed by atoms with Crippen LogP contribution in [-0.2, 0) is 4.79 Å². The number of ketones is 1. The van der Waals surface area contributed by atoms with Crippen LogP contribution < -0.4 is 9.47 Å². The van der Waals surface area contributed by atoms with E-state index in [-0.39, 0.29) is 23.5 Å². The van der Waals surface area contributed by atoms with Crippen molar-refractivity contribution < 1.29 is 41.0 Å². The number of esters is 1. The van der Waals surface area contributed by atoms with Crippen molar-refractivity contribution in [2.75, 3.05) is 0 Å². The molecule has 1 aliphatic rings. The molecule has 0 saturated heterocycles. The lowest BCUT2D eigenvalue weighted by atomic mass is 9.96. The highest BCUT2D eigenvalue weighted by atomic mass is 19.4. The highest BCUT2D eigenvalue weighted by molar-refractivity contribution is 6.00. The van der Waals surface area contributed by atoms with Gasteiger partial charge in [0.05, 0.1) is 12.0 Å². The lowest BCUT2D eigenvalue weighted by molar-refractivity contribution is -0.276. The summed E-state index contributed by atoms with van der Waals surface area (Å²) in [5.41, 5.74) is 0.332. The molecule has 0 bridgehead atoms. The van der Waals surface area contributed by atoms with Crippen molar-refractivity contribution in [3.63, 3.8) is 0 Å². The minimum Gasteiger partial charge on any atom is -0.484 e. The maximum absolute atomic E-state index is 13.2. The molecule has 0 fully saturated rings. The fourth-order valence-corrected chi connectivity index (χ4v) is 2.57. The second kappa shape index (κ2) is 6.64. The van der Waals surface area contributed by atoms with Crippen LogP contribution in [0.2, 0.25) is 0 Å². The van der Waals surface area contributed by atoms with E-state index in [1.165, 1.54) is 24.3 Å². The third kappa shape index (κ3) is 3.49. The lowest BCUT2D eigenvalue weighted by Crippen LogP contribution is -2.46. The summed E-state index contributed by atoms with van der Waals surface area (Å²) in [6.07, 6.45) is -7.29. The van der Waals surface area contributed by atoms with Gasteiger partial charge in [-0.05, 0) is 18.2 Å². The Labute approximate surface area is 149 Å². The van der Waals surface area contributed by atoms with Crippen LogP contribution in [0.5, 0.6) is 11.5 Å². The fraction of sp³-hybridized carbons (Fsp3) is 0.222. The van der Waals surface area contributed by atoms with Crippen molar-refractivity contribution in [1.29, 1.82) is 0 Å². The van der Waals surface area contributed by atoms with Gasteiger partial charge in [-0.1, -0.05) is 30.3 Å². The summed E-state index contributed by atoms with van der Waals surface area (Å²) in [6.45, 7) is 0. The average molecular weight is 386 g/mol. The van der Waals surface area contributed by atoms with E-state index in [1.54, 1.807) is 18.2 Å². The van der Waals surface area contributed by atoms with Crippen LogP contribution in [0.3, 0.4) is 0 Å². The number of ether oxygens (including phenoxy) is 2. The van der Waals surface area contributed by atoms with Crippen molar-refractivity contribution >= 4 is 11.8 Å². The fourth-order valence-electron chi connectivity index (χ4n) is 2.57. The molecule has 2 aromatic rings. The van der Waals surface area contributed by atoms with Crippen LogP contribution in [-0.4, -0.2) is 23.9 Å². The summed E-state index contributed by atoms with van der Waals surface area (Å²) >= 11 is 0. The first-order chi connectivity index (χ1) is 12.6. The molecule has 0 aromatic heterocycles. The van der Waals surface area contributed by atoms with E-state index in [0.717, 1.165) is 6.07 Å². The van der Waals surface area contributed by atoms with Gasteiger partial charge in [-0.3, -0.25) is 4.79 Å². The Morgan fingerprint density at radius 3 is 2.33 bits per heavy atom. The van der Waals surface area contributed by atoms with E-state index in [1.807, 2.05) is 0 Å². The first-order valence-electron chi connectivity index (χ1n) is 7.66. The number of fused-ring (bicyclic) bond motifs is 1. The van der Waals surface area contributed by atoms with E-state index in [4.69, 9.17) is 4.74 Å². The molecule has 1 heterocycles. The second-order valence-corrected chi connectivity index (χ2v) is 5.73. The van der Waals surface area contributed by atoms with Gasteiger partial charge in [0.2, 0.25) is 0 Å². The van der Waals surface area contributed by atoms with Gasteiger partial charge < -0.3 is 9.47 Å². The van der Waals surface area contributed by atoms with Gasteiger partial charge >= 0.3 is 18.1 Å². The van der Waals surface area contributed by atoms with Crippen LogP contribution >= 0.6 is 0 Å². The Bertz CT molecular complexity index is 891. The van der Waals surface area contributed by atoms with E-state index in [9.17, 15) is 31.5 Å². The number of hydrogen-bond acceptors (Lipinski definition) is 4. The minimum absolute atomic E-state index is 0.00618.